The van der Waals surface area contributed by atoms with Crippen molar-refractivity contribution in [2.75, 3.05) is 0 Å². The van der Waals surface area contributed by atoms with E-state index in [0.717, 1.165) is 53.5 Å². The number of aryl methyl sites for hydroxylation is 1. The number of benzene rings is 1. The van der Waals surface area contributed by atoms with Gasteiger partial charge in [0, 0.05) is 16.6 Å². The van der Waals surface area contributed by atoms with Crippen molar-refractivity contribution in [3.8, 4) is 0 Å². The minimum atomic E-state index is -0.852. The fourth-order valence-corrected chi connectivity index (χ4v) is 7.82. The molecule has 1 aromatic rings. The molecule has 178 valence electrons. The van der Waals surface area contributed by atoms with E-state index in [-0.39, 0.29) is 28.2 Å². The number of hydrogen-bond acceptors (Lipinski definition) is 3. The molecular weight excluding hydrogens is 420 g/mol. The normalized spacial score (nSPS) is 32.7. The van der Waals surface area contributed by atoms with Crippen LogP contribution in [-0.4, -0.2) is 17.3 Å². The van der Waals surface area contributed by atoms with Crippen LogP contribution in [0.25, 0.3) is 6.08 Å². The lowest BCUT2D eigenvalue weighted by molar-refractivity contribution is -0.134. The molecule has 0 bridgehead atoms. The zero-order chi connectivity index (χ0) is 24.8. The average molecular weight is 457 g/mol. The van der Waals surface area contributed by atoms with Gasteiger partial charge < -0.3 is 0 Å². The Hall–Kier alpha value is -2.55. The van der Waals surface area contributed by atoms with E-state index in [1.165, 1.54) is 30.0 Å². The molecule has 3 atom stereocenters. The molecule has 0 amide bonds. The molecular formula is C31H36O3. The molecule has 0 aliphatic heterocycles. The Morgan fingerprint density at radius 1 is 1.00 bits per heavy atom. The fraction of sp³-hybridized carbons (Fsp3) is 0.516. The number of Topliss-reactive ketones (excluding diaryl/α,β-unsaturated/α-hetero) is 3. The third-order valence-electron chi connectivity index (χ3n) is 9.77. The Kier molecular flexibility index (Phi) is 4.93. The molecule has 3 unspecified atom stereocenters. The smallest absolute Gasteiger partial charge is 0.190 e. The van der Waals surface area contributed by atoms with Crippen LogP contribution in [-0.2, 0) is 16.0 Å². The van der Waals surface area contributed by atoms with Crippen molar-refractivity contribution in [2.45, 2.75) is 87.0 Å². The molecule has 0 heterocycles. The van der Waals surface area contributed by atoms with Crippen LogP contribution in [0.5, 0.6) is 0 Å². The average Bonchev–Trinajstić information content (AvgIpc) is 2.68. The molecule has 0 radical (unpaired) electrons. The predicted molar refractivity (Wildman–Crippen MR) is 136 cm³/mol. The van der Waals surface area contributed by atoms with Crippen LogP contribution in [0.3, 0.4) is 0 Å². The zero-order valence-electron chi connectivity index (χ0n) is 21.7. The van der Waals surface area contributed by atoms with E-state index in [1.54, 1.807) is 0 Å². The first kappa shape index (κ1) is 23.2. The number of allylic oxidation sites excluding steroid dienone is 5. The number of hydrogen-bond donors (Lipinski definition) is 0. The van der Waals surface area contributed by atoms with Crippen LogP contribution in [0, 0.1) is 23.2 Å². The quantitative estimate of drug-likeness (QED) is 0.454. The lowest BCUT2D eigenvalue weighted by Gasteiger charge is -2.59. The first-order valence-electron chi connectivity index (χ1n) is 12.7. The minimum Gasteiger partial charge on any atom is -0.294 e. The molecule has 3 nitrogen and oxygen atoms in total. The second kappa shape index (κ2) is 7.23. The molecule has 4 aliphatic rings. The Labute approximate surface area is 203 Å². The SMILES string of the molecule is CC(=O)C1=C(C)CC2(C)CC3(C)Cc4c(C=C5CCC5)ccc(C)c4C(=O)C3=C(C)C2(C)C1=O. The largest absolute Gasteiger partial charge is 0.294 e. The number of fused-ring (bicyclic) bond motifs is 3. The van der Waals surface area contributed by atoms with Crippen molar-refractivity contribution in [1.82, 2.24) is 0 Å². The molecule has 34 heavy (non-hydrogen) atoms. The van der Waals surface area contributed by atoms with Crippen LogP contribution >= 0.6 is 0 Å². The van der Waals surface area contributed by atoms with Crippen LogP contribution in [0.4, 0.5) is 0 Å². The van der Waals surface area contributed by atoms with E-state index in [1.807, 2.05) is 27.7 Å². The standard InChI is InChI=1S/C31H36O3/c1-17-11-12-22(13-21-9-8-10-21)23-15-29(5)16-30(6)14-18(2)24(20(4)32)28(34)31(30,7)19(3)26(29)27(33)25(17)23/h11-13H,8-10,14-16H2,1-7H3. The highest BCUT2D eigenvalue weighted by molar-refractivity contribution is 6.24. The molecule has 1 fully saturated rings. The summed E-state index contributed by atoms with van der Waals surface area (Å²) in [7, 11) is 0. The Balaban J connectivity index is 1.75. The van der Waals surface area contributed by atoms with E-state index in [2.05, 4.69) is 32.1 Å². The van der Waals surface area contributed by atoms with Crippen LogP contribution < -0.4 is 0 Å². The van der Waals surface area contributed by atoms with Crippen molar-refractivity contribution >= 4 is 23.4 Å². The summed E-state index contributed by atoms with van der Waals surface area (Å²) in [6.45, 7) is 13.8. The highest BCUT2D eigenvalue weighted by atomic mass is 16.2. The summed E-state index contributed by atoms with van der Waals surface area (Å²) in [6, 6.07) is 4.25. The number of rotatable bonds is 2. The van der Waals surface area contributed by atoms with Gasteiger partial charge in [-0.15, -0.1) is 0 Å². The first-order chi connectivity index (χ1) is 15.8. The Morgan fingerprint density at radius 2 is 1.68 bits per heavy atom. The first-order valence-corrected chi connectivity index (χ1v) is 12.7. The molecule has 3 heteroatoms. The van der Waals surface area contributed by atoms with Crippen molar-refractivity contribution in [3.63, 3.8) is 0 Å². The lowest BCUT2D eigenvalue weighted by Crippen LogP contribution is -2.57. The summed E-state index contributed by atoms with van der Waals surface area (Å²) >= 11 is 0. The maximum atomic E-state index is 14.2. The number of ketones is 3. The van der Waals surface area contributed by atoms with Gasteiger partial charge in [-0.25, -0.2) is 0 Å². The molecule has 0 spiro atoms. The highest BCUT2D eigenvalue weighted by Crippen LogP contribution is 2.66. The zero-order valence-corrected chi connectivity index (χ0v) is 21.7. The summed E-state index contributed by atoms with van der Waals surface area (Å²) in [5.74, 6) is -0.182. The van der Waals surface area contributed by atoms with Gasteiger partial charge in [-0.05, 0) is 95.2 Å². The lowest BCUT2D eigenvalue weighted by atomic mass is 9.42. The number of carbonyl (C=O) groups is 3. The van der Waals surface area contributed by atoms with E-state index < -0.39 is 5.41 Å². The van der Waals surface area contributed by atoms with Crippen molar-refractivity contribution in [2.24, 2.45) is 16.2 Å². The van der Waals surface area contributed by atoms with Gasteiger partial charge in [0.2, 0.25) is 0 Å². The van der Waals surface area contributed by atoms with E-state index in [9.17, 15) is 14.4 Å². The van der Waals surface area contributed by atoms with E-state index in [4.69, 9.17) is 0 Å². The van der Waals surface area contributed by atoms with Gasteiger partial charge >= 0.3 is 0 Å². The fourth-order valence-electron chi connectivity index (χ4n) is 7.82. The third kappa shape index (κ3) is 2.85. The number of carbonyl (C=O) groups excluding carboxylic acids is 3. The third-order valence-corrected chi connectivity index (χ3v) is 9.77. The molecule has 0 aromatic heterocycles. The van der Waals surface area contributed by atoms with Crippen molar-refractivity contribution < 1.29 is 14.4 Å². The Morgan fingerprint density at radius 3 is 2.26 bits per heavy atom. The maximum Gasteiger partial charge on any atom is 0.190 e. The summed E-state index contributed by atoms with van der Waals surface area (Å²) < 4.78 is 0. The van der Waals surface area contributed by atoms with Crippen molar-refractivity contribution in [1.29, 1.82) is 0 Å². The van der Waals surface area contributed by atoms with Crippen LogP contribution in [0.1, 0.15) is 101 Å². The minimum absolute atomic E-state index is 0.0827. The van der Waals surface area contributed by atoms with Gasteiger partial charge in [0.15, 0.2) is 17.3 Å². The van der Waals surface area contributed by atoms with Gasteiger partial charge in [-0.2, -0.15) is 0 Å². The van der Waals surface area contributed by atoms with Gasteiger partial charge in [0.1, 0.15) is 0 Å². The molecule has 4 aliphatic carbocycles. The molecule has 1 saturated carbocycles. The molecule has 5 rings (SSSR count). The van der Waals surface area contributed by atoms with Crippen LogP contribution in [0.15, 0.2) is 40.0 Å². The van der Waals surface area contributed by atoms with Crippen molar-refractivity contribution in [3.05, 3.63) is 62.3 Å². The summed E-state index contributed by atoms with van der Waals surface area (Å²) in [5.41, 5.74) is 7.06. The van der Waals surface area contributed by atoms with Gasteiger partial charge in [0.25, 0.3) is 0 Å². The summed E-state index contributed by atoms with van der Waals surface area (Å²) in [6.07, 6.45) is 8.14. The highest BCUT2D eigenvalue weighted by Gasteiger charge is 2.63. The Bertz CT molecular complexity index is 1280. The second-order valence-electron chi connectivity index (χ2n) is 12.1. The van der Waals surface area contributed by atoms with E-state index >= 15 is 0 Å². The summed E-state index contributed by atoms with van der Waals surface area (Å²) in [5, 5.41) is 0. The predicted octanol–water partition coefficient (Wildman–Crippen LogP) is 6.92. The van der Waals surface area contributed by atoms with E-state index in [0.29, 0.717) is 12.0 Å². The summed E-state index contributed by atoms with van der Waals surface area (Å²) in [4.78, 5) is 40.6. The monoisotopic (exact) mass is 456 g/mol. The van der Waals surface area contributed by atoms with Gasteiger partial charge in [-0.3, -0.25) is 14.4 Å². The van der Waals surface area contributed by atoms with Gasteiger partial charge in [-0.1, -0.05) is 48.8 Å². The second-order valence-corrected chi connectivity index (χ2v) is 12.1. The van der Waals surface area contributed by atoms with Gasteiger partial charge in [0.05, 0.1) is 11.0 Å². The topological polar surface area (TPSA) is 51.2 Å². The molecule has 0 saturated heterocycles. The maximum absolute atomic E-state index is 14.2. The molecule has 1 aromatic carbocycles. The van der Waals surface area contributed by atoms with Crippen LogP contribution in [0.2, 0.25) is 0 Å². The molecule has 0 N–H and O–H groups in total.